The zero-order valence-corrected chi connectivity index (χ0v) is 17.3. The Morgan fingerprint density at radius 1 is 1.00 bits per heavy atom. The Balaban J connectivity index is 1.70. The lowest BCUT2D eigenvalue weighted by Crippen LogP contribution is -2.39. The first-order chi connectivity index (χ1) is 14.1. The molecule has 162 valence electrons. The molecule has 0 radical (unpaired) electrons. The van der Waals surface area contributed by atoms with Crippen LogP contribution in [0.5, 0.6) is 0 Å². The molecule has 0 aromatic heterocycles. The van der Waals surface area contributed by atoms with Crippen LogP contribution in [0.4, 0.5) is 23.7 Å². The van der Waals surface area contributed by atoms with Gasteiger partial charge in [-0.1, -0.05) is 23.7 Å². The molecule has 30 heavy (non-hydrogen) atoms. The van der Waals surface area contributed by atoms with Gasteiger partial charge in [0.15, 0.2) is 0 Å². The molecule has 1 heterocycles. The van der Waals surface area contributed by atoms with Crippen molar-refractivity contribution in [2.75, 3.05) is 31.5 Å². The van der Waals surface area contributed by atoms with Gasteiger partial charge in [-0.25, -0.2) is 13.2 Å². The SMILES string of the molecule is O=C(Nc1cccc(Cl)c1)N1CCCN(S(=O)(=O)c2cccc(C(F)(F)F)c2)CC1. The summed E-state index contributed by atoms with van der Waals surface area (Å²) in [5.41, 5.74) is -0.522. The number of nitrogens with zero attached hydrogens (tertiary/aromatic N) is 2. The van der Waals surface area contributed by atoms with Crippen molar-refractivity contribution in [3.63, 3.8) is 0 Å². The highest BCUT2D eigenvalue weighted by molar-refractivity contribution is 7.89. The van der Waals surface area contributed by atoms with E-state index in [1.807, 2.05) is 0 Å². The lowest BCUT2D eigenvalue weighted by molar-refractivity contribution is -0.137. The van der Waals surface area contributed by atoms with E-state index in [-0.39, 0.29) is 19.6 Å². The predicted octanol–water partition coefficient (Wildman–Crippen LogP) is 4.29. The van der Waals surface area contributed by atoms with Crippen LogP contribution in [-0.2, 0) is 16.2 Å². The highest BCUT2D eigenvalue weighted by Gasteiger charge is 2.33. The summed E-state index contributed by atoms with van der Waals surface area (Å²) in [5.74, 6) is 0. The van der Waals surface area contributed by atoms with Crippen molar-refractivity contribution in [3.05, 3.63) is 59.1 Å². The monoisotopic (exact) mass is 461 g/mol. The summed E-state index contributed by atoms with van der Waals surface area (Å²) >= 11 is 5.90. The molecule has 0 aliphatic carbocycles. The van der Waals surface area contributed by atoms with Crippen molar-refractivity contribution in [3.8, 4) is 0 Å². The number of hydrogen-bond donors (Lipinski definition) is 1. The van der Waals surface area contributed by atoms with Gasteiger partial charge in [-0.05, 0) is 42.8 Å². The number of urea groups is 1. The molecule has 2 aromatic rings. The summed E-state index contributed by atoms with van der Waals surface area (Å²) in [5, 5.41) is 3.16. The molecule has 0 unspecified atom stereocenters. The Bertz CT molecular complexity index is 1030. The molecule has 11 heteroatoms. The quantitative estimate of drug-likeness (QED) is 0.741. The fourth-order valence-electron chi connectivity index (χ4n) is 3.09. The summed E-state index contributed by atoms with van der Waals surface area (Å²) < 4.78 is 65.6. The second-order valence-corrected chi connectivity index (χ2v) is 9.09. The van der Waals surface area contributed by atoms with E-state index >= 15 is 0 Å². The van der Waals surface area contributed by atoms with E-state index in [1.165, 1.54) is 4.90 Å². The number of alkyl halides is 3. The van der Waals surface area contributed by atoms with Gasteiger partial charge in [-0.15, -0.1) is 0 Å². The topological polar surface area (TPSA) is 69.7 Å². The van der Waals surface area contributed by atoms with E-state index in [0.29, 0.717) is 29.7 Å². The van der Waals surface area contributed by atoms with Gasteiger partial charge in [0.2, 0.25) is 10.0 Å². The summed E-state index contributed by atoms with van der Waals surface area (Å²) in [7, 11) is -4.12. The van der Waals surface area contributed by atoms with Crippen molar-refractivity contribution >= 4 is 33.3 Å². The number of halogens is 4. The number of amides is 2. The molecule has 1 saturated heterocycles. The second kappa shape index (κ2) is 8.83. The number of carbonyl (C=O) groups excluding carboxylic acids is 1. The van der Waals surface area contributed by atoms with Crippen molar-refractivity contribution in [1.82, 2.24) is 9.21 Å². The largest absolute Gasteiger partial charge is 0.416 e. The van der Waals surface area contributed by atoms with Crippen LogP contribution in [0.25, 0.3) is 0 Å². The molecule has 1 fully saturated rings. The van der Waals surface area contributed by atoms with Gasteiger partial charge in [0.05, 0.1) is 10.5 Å². The fourth-order valence-corrected chi connectivity index (χ4v) is 4.79. The molecule has 0 saturated carbocycles. The lowest BCUT2D eigenvalue weighted by Gasteiger charge is -2.22. The van der Waals surface area contributed by atoms with Crippen molar-refractivity contribution in [2.24, 2.45) is 0 Å². The molecule has 0 atom stereocenters. The zero-order valence-electron chi connectivity index (χ0n) is 15.7. The second-order valence-electron chi connectivity index (χ2n) is 6.71. The van der Waals surface area contributed by atoms with Crippen LogP contribution in [0.15, 0.2) is 53.4 Å². The van der Waals surface area contributed by atoms with Crippen LogP contribution in [0.1, 0.15) is 12.0 Å². The molecule has 6 nitrogen and oxygen atoms in total. The number of sulfonamides is 1. The van der Waals surface area contributed by atoms with Gasteiger partial charge < -0.3 is 10.2 Å². The molecular weight excluding hydrogens is 443 g/mol. The van der Waals surface area contributed by atoms with Crippen molar-refractivity contribution in [1.29, 1.82) is 0 Å². The van der Waals surface area contributed by atoms with E-state index in [2.05, 4.69) is 5.32 Å². The van der Waals surface area contributed by atoms with Gasteiger partial charge in [0, 0.05) is 36.9 Å². The first-order valence-corrected chi connectivity index (χ1v) is 10.9. The molecule has 3 rings (SSSR count). The smallest absolute Gasteiger partial charge is 0.323 e. The van der Waals surface area contributed by atoms with E-state index in [4.69, 9.17) is 11.6 Å². The van der Waals surface area contributed by atoms with Gasteiger partial charge in [-0.2, -0.15) is 17.5 Å². The molecule has 0 spiro atoms. The number of benzene rings is 2. The summed E-state index contributed by atoms with van der Waals surface area (Å²) in [6.45, 7) is 0.479. The Morgan fingerprint density at radius 3 is 2.43 bits per heavy atom. The average molecular weight is 462 g/mol. The highest BCUT2D eigenvalue weighted by atomic mass is 35.5. The lowest BCUT2D eigenvalue weighted by atomic mass is 10.2. The molecule has 0 bridgehead atoms. The number of carbonyl (C=O) groups is 1. The van der Waals surface area contributed by atoms with Gasteiger partial charge in [0.25, 0.3) is 0 Å². The minimum Gasteiger partial charge on any atom is -0.323 e. The van der Waals surface area contributed by atoms with Gasteiger partial charge in [-0.3, -0.25) is 0 Å². The third kappa shape index (κ3) is 5.24. The minimum atomic E-state index is -4.64. The van der Waals surface area contributed by atoms with Crippen molar-refractivity contribution in [2.45, 2.75) is 17.5 Å². The van der Waals surface area contributed by atoms with Crippen LogP contribution in [-0.4, -0.2) is 49.8 Å². The molecule has 2 aromatic carbocycles. The number of anilines is 1. The first kappa shape index (κ1) is 22.4. The summed E-state index contributed by atoms with van der Waals surface area (Å²) in [6.07, 6.45) is -4.29. The maximum absolute atomic E-state index is 12.9. The third-order valence-electron chi connectivity index (χ3n) is 4.62. The minimum absolute atomic E-state index is 0.0262. The normalized spacial score (nSPS) is 16.2. The maximum Gasteiger partial charge on any atom is 0.416 e. The van der Waals surface area contributed by atoms with E-state index in [9.17, 15) is 26.4 Å². The summed E-state index contributed by atoms with van der Waals surface area (Å²) in [6, 6.07) is 9.86. The first-order valence-electron chi connectivity index (χ1n) is 9.06. The molecule has 1 aliphatic heterocycles. The number of hydrogen-bond acceptors (Lipinski definition) is 3. The van der Waals surface area contributed by atoms with Gasteiger partial charge in [0.1, 0.15) is 0 Å². The Hall–Kier alpha value is -2.30. The van der Waals surface area contributed by atoms with E-state index in [1.54, 1.807) is 24.3 Å². The van der Waals surface area contributed by atoms with Crippen LogP contribution in [0, 0.1) is 0 Å². The maximum atomic E-state index is 12.9. The zero-order chi connectivity index (χ0) is 21.9. The van der Waals surface area contributed by atoms with E-state index < -0.39 is 32.7 Å². The predicted molar refractivity (Wildman–Crippen MR) is 107 cm³/mol. The van der Waals surface area contributed by atoms with Crippen LogP contribution in [0.2, 0.25) is 5.02 Å². The molecule has 1 N–H and O–H groups in total. The highest BCUT2D eigenvalue weighted by Crippen LogP contribution is 2.31. The molecule has 2 amide bonds. The summed E-state index contributed by atoms with van der Waals surface area (Å²) in [4.78, 5) is 13.5. The van der Waals surface area contributed by atoms with Crippen LogP contribution in [0.3, 0.4) is 0 Å². The fraction of sp³-hybridized carbons (Fsp3) is 0.316. The van der Waals surface area contributed by atoms with E-state index in [0.717, 1.165) is 22.5 Å². The molecular formula is C19H19ClF3N3O3S. The average Bonchev–Trinajstić information content (AvgIpc) is 2.94. The number of rotatable bonds is 3. The standard InChI is InChI=1S/C19H19ClF3N3O3S/c20-15-5-2-6-16(13-15)24-18(27)25-8-3-9-26(11-10-25)30(28,29)17-7-1-4-14(12-17)19(21,22)23/h1-2,4-7,12-13H,3,8-11H2,(H,24,27). The van der Waals surface area contributed by atoms with Crippen molar-refractivity contribution < 1.29 is 26.4 Å². The Kier molecular flexibility index (Phi) is 6.59. The molecule has 1 aliphatic rings. The Labute approximate surface area is 177 Å². The Morgan fingerprint density at radius 2 is 1.73 bits per heavy atom. The van der Waals surface area contributed by atoms with Crippen LogP contribution < -0.4 is 5.32 Å². The van der Waals surface area contributed by atoms with Crippen LogP contribution >= 0.6 is 11.6 Å². The van der Waals surface area contributed by atoms with Gasteiger partial charge >= 0.3 is 12.2 Å². The number of nitrogens with one attached hydrogen (secondary N) is 1. The third-order valence-corrected chi connectivity index (χ3v) is 6.75.